The van der Waals surface area contributed by atoms with Crippen molar-refractivity contribution < 1.29 is 9.21 Å². The molecule has 2 aromatic carbocycles. The van der Waals surface area contributed by atoms with Crippen molar-refractivity contribution >= 4 is 17.5 Å². The summed E-state index contributed by atoms with van der Waals surface area (Å²) in [5, 5.41) is 11.9. The van der Waals surface area contributed by atoms with E-state index in [9.17, 15) is 4.79 Å². The molecule has 3 rings (SSSR count). The van der Waals surface area contributed by atoms with E-state index in [-0.39, 0.29) is 5.91 Å². The fourth-order valence-corrected chi connectivity index (χ4v) is 2.47. The Balaban J connectivity index is 1.95. The van der Waals surface area contributed by atoms with Gasteiger partial charge in [0, 0.05) is 16.0 Å². The number of amides is 1. The molecule has 134 valence electrons. The van der Waals surface area contributed by atoms with E-state index < -0.39 is 11.5 Å². The number of hydrogen-bond donors (Lipinski definition) is 1. The van der Waals surface area contributed by atoms with Crippen LogP contribution in [0.4, 0.5) is 0 Å². The molecule has 0 bridgehead atoms. The normalized spacial score (nSPS) is 12.6. The van der Waals surface area contributed by atoms with Crippen molar-refractivity contribution in [2.75, 3.05) is 0 Å². The summed E-state index contributed by atoms with van der Waals surface area (Å²) in [6, 6.07) is 16.2. The zero-order chi connectivity index (χ0) is 18.7. The topological polar surface area (TPSA) is 68.0 Å². The molecule has 1 amide bonds. The van der Waals surface area contributed by atoms with E-state index in [1.165, 1.54) is 0 Å². The first-order valence-corrected chi connectivity index (χ1v) is 8.67. The Kier molecular flexibility index (Phi) is 5.09. The standard InChI is InChI=1S/C20H20ClN3O2/c1-20(2,3)19(25)22-16(13-7-5-4-6-8-13)18-24-23-17(26-18)14-9-11-15(21)12-10-14/h4-12,16H,1-3H3,(H,22,25). The Labute approximate surface area is 157 Å². The molecule has 0 aliphatic carbocycles. The molecule has 1 aromatic heterocycles. The number of nitrogens with zero attached hydrogens (tertiary/aromatic N) is 2. The van der Waals surface area contributed by atoms with E-state index in [2.05, 4.69) is 15.5 Å². The van der Waals surface area contributed by atoms with Gasteiger partial charge < -0.3 is 9.73 Å². The molecule has 3 aromatic rings. The number of rotatable bonds is 4. The highest BCUT2D eigenvalue weighted by Crippen LogP contribution is 2.27. The Morgan fingerprint density at radius 2 is 1.69 bits per heavy atom. The number of aromatic nitrogens is 2. The van der Waals surface area contributed by atoms with E-state index in [0.29, 0.717) is 16.8 Å². The quantitative estimate of drug-likeness (QED) is 0.727. The lowest BCUT2D eigenvalue weighted by Gasteiger charge is -2.22. The molecule has 1 heterocycles. The highest BCUT2D eigenvalue weighted by Gasteiger charge is 2.28. The molecule has 0 saturated carbocycles. The summed E-state index contributed by atoms with van der Waals surface area (Å²) in [6.45, 7) is 5.58. The average molecular weight is 370 g/mol. The molecule has 0 fully saturated rings. The molecule has 1 N–H and O–H groups in total. The van der Waals surface area contributed by atoms with Crippen molar-refractivity contribution in [3.8, 4) is 11.5 Å². The van der Waals surface area contributed by atoms with Crippen molar-refractivity contribution in [3.05, 3.63) is 71.1 Å². The third kappa shape index (κ3) is 4.11. The van der Waals surface area contributed by atoms with Gasteiger partial charge in [0.05, 0.1) is 0 Å². The van der Waals surface area contributed by atoms with Crippen LogP contribution < -0.4 is 5.32 Å². The summed E-state index contributed by atoms with van der Waals surface area (Å²) in [5.41, 5.74) is 1.10. The number of carbonyl (C=O) groups is 1. The van der Waals surface area contributed by atoms with E-state index in [1.54, 1.807) is 12.1 Å². The summed E-state index contributed by atoms with van der Waals surface area (Å²) < 4.78 is 5.86. The second-order valence-electron chi connectivity index (χ2n) is 7.02. The number of halogens is 1. The van der Waals surface area contributed by atoms with Crippen molar-refractivity contribution in [3.63, 3.8) is 0 Å². The van der Waals surface area contributed by atoms with Crippen LogP contribution in [0.2, 0.25) is 5.02 Å². The van der Waals surface area contributed by atoms with Crippen molar-refractivity contribution in [2.24, 2.45) is 5.41 Å². The Morgan fingerprint density at radius 3 is 2.31 bits per heavy atom. The highest BCUT2D eigenvalue weighted by atomic mass is 35.5. The maximum atomic E-state index is 12.5. The monoisotopic (exact) mass is 369 g/mol. The molecule has 26 heavy (non-hydrogen) atoms. The minimum atomic E-state index is -0.536. The molecule has 0 aliphatic rings. The lowest BCUT2D eigenvalue weighted by molar-refractivity contribution is -0.129. The van der Waals surface area contributed by atoms with Crippen LogP contribution in [0.25, 0.3) is 11.5 Å². The van der Waals surface area contributed by atoms with Gasteiger partial charge in [-0.2, -0.15) is 0 Å². The van der Waals surface area contributed by atoms with Crippen LogP contribution in [0, 0.1) is 5.41 Å². The van der Waals surface area contributed by atoms with Crippen LogP contribution in [0.3, 0.4) is 0 Å². The number of hydrogen-bond acceptors (Lipinski definition) is 4. The SMILES string of the molecule is CC(C)(C)C(=O)NC(c1ccccc1)c1nnc(-c2ccc(Cl)cc2)o1. The third-order valence-electron chi connectivity index (χ3n) is 3.87. The third-order valence-corrected chi connectivity index (χ3v) is 4.12. The molecular weight excluding hydrogens is 350 g/mol. The summed E-state index contributed by atoms with van der Waals surface area (Å²) in [4.78, 5) is 12.5. The van der Waals surface area contributed by atoms with Crippen molar-refractivity contribution in [2.45, 2.75) is 26.8 Å². The van der Waals surface area contributed by atoms with Crippen LogP contribution in [0.15, 0.2) is 59.0 Å². The highest BCUT2D eigenvalue weighted by molar-refractivity contribution is 6.30. The van der Waals surface area contributed by atoms with Gasteiger partial charge in [-0.3, -0.25) is 4.79 Å². The second-order valence-corrected chi connectivity index (χ2v) is 7.46. The molecule has 5 nitrogen and oxygen atoms in total. The van der Waals surface area contributed by atoms with Gasteiger partial charge in [-0.25, -0.2) is 0 Å². The molecule has 1 unspecified atom stereocenters. The van der Waals surface area contributed by atoms with Gasteiger partial charge >= 0.3 is 0 Å². The molecule has 0 aliphatic heterocycles. The maximum absolute atomic E-state index is 12.5. The van der Waals surface area contributed by atoms with E-state index >= 15 is 0 Å². The number of carbonyl (C=O) groups excluding carboxylic acids is 1. The van der Waals surface area contributed by atoms with Gasteiger partial charge in [0.15, 0.2) is 0 Å². The predicted octanol–water partition coefficient (Wildman–Crippen LogP) is 4.64. The van der Waals surface area contributed by atoms with Gasteiger partial charge in [0.25, 0.3) is 0 Å². The predicted molar refractivity (Wildman–Crippen MR) is 101 cm³/mol. The fourth-order valence-electron chi connectivity index (χ4n) is 2.34. The summed E-state index contributed by atoms with van der Waals surface area (Å²) in [7, 11) is 0. The van der Waals surface area contributed by atoms with Crippen LogP contribution in [0.1, 0.15) is 38.3 Å². The molecular formula is C20H20ClN3O2. The maximum Gasteiger partial charge on any atom is 0.247 e. The molecule has 0 saturated heterocycles. The Morgan fingerprint density at radius 1 is 1.04 bits per heavy atom. The first-order chi connectivity index (χ1) is 12.3. The molecule has 6 heteroatoms. The number of nitrogens with one attached hydrogen (secondary N) is 1. The van der Waals surface area contributed by atoms with Gasteiger partial charge in [0.2, 0.25) is 17.7 Å². The zero-order valence-corrected chi connectivity index (χ0v) is 15.6. The van der Waals surface area contributed by atoms with Crippen LogP contribution in [-0.4, -0.2) is 16.1 Å². The lowest BCUT2D eigenvalue weighted by Crippen LogP contribution is -2.38. The molecule has 0 radical (unpaired) electrons. The van der Waals surface area contributed by atoms with Gasteiger partial charge in [-0.1, -0.05) is 62.7 Å². The van der Waals surface area contributed by atoms with E-state index in [1.807, 2.05) is 63.2 Å². The summed E-state index contributed by atoms with van der Waals surface area (Å²) in [6.07, 6.45) is 0. The first kappa shape index (κ1) is 18.1. The van der Waals surface area contributed by atoms with Crippen LogP contribution >= 0.6 is 11.6 Å². The van der Waals surface area contributed by atoms with Crippen LogP contribution in [-0.2, 0) is 4.79 Å². The minimum Gasteiger partial charge on any atom is -0.418 e. The van der Waals surface area contributed by atoms with Crippen molar-refractivity contribution in [1.82, 2.24) is 15.5 Å². The van der Waals surface area contributed by atoms with E-state index in [0.717, 1.165) is 11.1 Å². The number of benzene rings is 2. The first-order valence-electron chi connectivity index (χ1n) is 8.30. The Bertz CT molecular complexity index is 883. The largest absolute Gasteiger partial charge is 0.418 e. The smallest absolute Gasteiger partial charge is 0.247 e. The zero-order valence-electron chi connectivity index (χ0n) is 14.9. The summed E-state index contributed by atoms with van der Waals surface area (Å²) in [5.74, 6) is 0.610. The Hall–Kier alpha value is -2.66. The molecule has 1 atom stereocenters. The van der Waals surface area contributed by atoms with E-state index in [4.69, 9.17) is 16.0 Å². The van der Waals surface area contributed by atoms with Gasteiger partial charge in [-0.05, 0) is 29.8 Å². The lowest BCUT2D eigenvalue weighted by atomic mass is 9.94. The average Bonchev–Trinajstić information content (AvgIpc) is 3.09. The molecule has 0 spiro atoms. The fraction of sp³-hybridized carbons (Fsp3) is 0.250. The van der Waals surface area contributed by atoms with Gasteiger partial charge in [0.1, 0.15) is 6.04 Å². The second kappa shape index (κ2) is 7.30. The minimum absolute atomic E-state index is 0.0994. The van der Waals surface area contributed by atoms with Gasteiger partial charge in [-0.15, -0.1) is 10.2 Å². The summed E-state index contributed by atoms with van der Waals surface area (Å²) >= 11 is 5.92. The van der Waals surface area contributed by atoms with Crippen molar-refractivity contribution in [1.29, 1.82) is 0 Å². The van der Waals surface area contributed by atoms with Crippen LogP contribution in [0.5, 0.6) is 0 Å².